The van der Waals surface area contributed by atoms with Gasteiger partial charge in [-0.25, -0.2) is 9.50 Å². The number of pyridine rings is 1. The van der Waals surface area contributed by atoms with Crippen molar-refractivity contribution in [1.29, 1.82) is 0 Å². The fourth-order valence-electron chi connectivity index (χ4n) is 3.79. The van der Waals surface area contributed by atoms with Crippen LogP contribution in [0, 0.1) is 13.8 Å². The molecular formula is C22H23ClN4S. The Bertz CT molecular complexity index is 1130. The van der Waals surface area contributed by atoms with Crippen LogP contribution >= 0.6 is 22.9 Å². The van der Waals surface area contributed by atoms with Gasteiger partial charge in [-0.3, -0.25) is 4.98 Å². The molecule has 0 fully saturated rings. The molecule has 4 heterocycles. The number of aromatic nitrogens is 4. The lowest BCUT2D eigenvalue weighted by molar-refractivity contribution is 0.638. The minimum Gasteiger partial charge on any atom is -0.264 e. The number of aryl methyl sites for hydroxylation is 2. The number of rotatable bonds is 5. The van der Waals surface area contributed by atoms with E-state index in [0.717, 1.165) is 56.6 Å². The van der Waals surface area contributed by atoms with Gasteiger partial charge in [-0.2, -0.15) is 5.10 Å². The van der Waals surface area contributed by atoms with Crippen molar-refractivity contribution in [2.24, 2.45) is 0 Å². The Morgan fingerprint density at radius 2 is 2.00 bits per heavy atom. The second kappa shape index (κ2) is 7.64. The highest BCUT2D eigenvalue weighted by Crippen LogP contribution is 2.43. The molecule has 0 aliphatic heterocycles. The second-order valence-corrected chi connectivity index (χ2v) is 8.33. The minimum atomic E-state index is 0.476. The number of thiophene rings is 1. The topological polar surface area (TPSA) is 43.1 Å². The van der Waals surface area contributed by atoms with E-state index in [9.17, 15) is 0 Å². The van der Waals surface area contributed by atoms with Crippen molar-refractivity contribution in [2.45, 2.75) is 46.5 Å². The smallest absolute Gasteiger partial charge is 0.158 e. The monoisotopic (exact) mass is 410 g/mol. The van der Waals surface area contributed by atoms with Crippen LogP contribution in [0.4, 0.5) is 0 Å². The Balaban J connectivity index is 1.94. The van der Waals surface area contributed by atoms with Crippen LogP contribution in [0.15, 0.2) is 36.0 Å². The number of hydrogen-bond donors (Lipinski definition) is 0. The molecule has 4 aromatic heterocycles. The molecule has 0 spiro atoms. The van der Waals surface area contributed by atoms with Crippen LogP contribution in [-0.4, -0.2) is 19.6 Å². The Morgan fingerprint density at radius 1 is 1.21 bits per heavy atom. The first-order chi connectivity index (χ1) is 13.5. The molecular weight excluding hydrogens is 388 g/mol. The molecule has 4 rings (SSSR count). The molecule has 0 aliphatic carbocycles. The largest absolute Gasteiger partial charge is 0.264 e. The SMILES string of the molecule is CCC(CC)c1cc(C)nn2c(-c3scc(-c4cccnc4)c3Cl)c(C)nc12. The maximum Gasteiger partial charge on any atom is 0.158 e. The molecule has 4 nitrogen and oxygen atoms in total. The van der Waals surface area contributed by atoms with Crippen molar-refractivity contribution < 1.29 is 0 Å². The summed E-state index contributed by atoms with van der Waals surface area (Å²) < 4.78 is 1.99. The van der Waals surface area contributed by atoms with Gasteiger partial charge in [0.15, 0.2) is 5.65 Å². The first-order valence-electron chi connectivity index (χ1n) is 9.59. The molecule has 4 aromatic rings. The van der Waals surface area contributed by atoms with Crippen LogP contribution in [0.3, 0.4) is 0 Å². The van der Waals surface area contributed by atoms with Gasteiger partial charge in [0.05, 0.1) is 21.3 Å². The van der Waals surface area contributed by atoms with E-state index in [2.05, 4.69) is 30.3 Å². The molecule has 0 unspecified atom stereocenters. The van der Waals surface area contributed by atoms with Gasteiger partial charge in [-0.05, 0) is 44.7 Å². The van der Waals surface area contributed by atoms with E-state index in [1.54, 1.807) is 17.5 Å². The molecule has 0 N–H and O–H groups in total. The van der Waals surface area contributed by atoms with E-state index in [-0.39, 0.29) is 0 Å². The molecule has 6 heteroatoms. The van der Waals surface area contributed by atoms with Crippen molar-refractivity contribution in [1.82, 2.24) is 19.6 Å². The van der Waals surface area contributed by atoms with Gasteiger partial charge in [-0.1, -0.05) is 31.5 Å². The molecule has 0 amide bonds. The molecule has 0 aromatic carbocycles. The number of imidazole rings is 1. The van der Waals surface area contributed by atoms with Crippen molar-refractivity contribution in [2.75, 3.05) is 0 Å². The summed E-state index contributed by atoms with van der Waals surface area (Å²) in [6.45, 7) is 8.54. The summed E-state index contributed by atoms with van der Waals surface area (Å²) in [7, 11) is 0. The molecule has 0 bridgehead atoms. The second-order valence-electron chi connectivity index (χ2n) is 7.07. The highest BCUT2D eigenvalue weighted by Gasteiger charge is 2.23. The quantitative estimate of drug-likeness (QED) is 0.368. The van der Waals surface area contributed by atoms with Crippen molar-refractivity contribution in [3.8, 4) is 21.7 Å². The fraction of sp³-hybridized carbons (Fsp3) is 0.318. The van der Waals surface area contributed by atoms with Crippen molar-refractivity contribution in [3.63, 3.8) is 0 Å². The van der Waals surface area contributed by atoms with Gasteiger partial charge in [0.1, 0.15) is 5.69 Å². The summed E-state index contributed by atoms with van der Waals surface area (Å²) in [5, 5.41) is 7.62. The molecule has 0 saturated carbocycles. The Kier molecular flexibility index (Phi) is 5.21. The third-order valence-electron chi connectivity index (χ3n) is 5.25. The summed E-state index contributed by atoms with van der Waals surface area (Å²) in [5.41, 5.74) is 7.16. The average Bonchev–Trinajstić information content (AvgIpc) is 3.22. The van der Waals surface area contributed by atoms with Crippen LogP contribution in [-0.2, 0) is 0 Å². The van der Waals surface area contributed by atoms with E-state index >= 15 is 0 Å². The summed E-state index contributed by atoms with van der Waals surface area (Å²) >= 11 is 8.46. The molecule has 144 valence electrons. The molecule has 0 atom stereocenters. The lowest BCUT2D eigenvalue weighted by atomic mass is 9.95. The van der Waals surface area contributed by atoms with Crippen LogP contribution in [0.1, 0.15) is 49.6 Å². The zero-order chi connectivity index (χ0) is 19.8. The number of halogens is 1. The summed E-state index contributed by atoms with van der Waals surface area (Å²) in [6.07, 6.45) is 5.78. The summed E-state index contributed by atoms with van der Waals surface area (Å²) in [4.78, 5) is 10.1. The standard InChI is InChI=1S/C22H23ClN4S/c1-5-15(6-2)17-10-13(3)26-27-20(14(4)25-22(17)27)21-19(23)18(12-28-21)16-8-7-9-24-11-16/h7-12,15H,5-6H2,1-4H3. The first-order valence-corrected chi connectivity index (χ1v) is 10.9. The maximum absolute atomic E-state index is 6.83. The predicted octanol–water partition coefficient (Wildman–Crippen LogP) is 6.69. The fourth-order valence-corrected chi connectivity index (χ4v) is 5.29. The highest BCUT2D eigenvalue weighted by atomic mass is 35.5. The van der Waals surface area contributed by atoms with Gasteiger partial charge in [0.25, 0.3) is 0 Å². The van der Waals surface area contributed by atoms with Crippen LogP contribution < -0.4 is 0 Å². The molecule has 0 aliphatic rings. The summed E-state index contributed by atoms with van der Waals surface area (Å²) in [5.74, 6) is 0.476. The lowest BCUT2D eigenvalue weighted by Crippen LogP contribution is -2.04. The number of hydrogen-bond acceptors (Lipinski definition) is 4. The molecule has 0 radical (unpaired) electrons. The van der Waals surface area contributed by atoms with Crippen molar-refractivity contribution in [3.05, 3.63) is 57.9 Å². The van der Waals surface area contributed by atoms with E-state index in [0.29, 0.717) is 5.92 Å². The van der Waals surface area contributed by atoms with Gasteiger partial charge in [0.2, 0.25) is 0 Å². The van der Waals surface area contributed by atoms with Gasteiger partial charge < -0.3 is 0 Å². The van der Waals surface area contributed by atoms with E-state index in [1.807, 2.05) is 36.7 Å². The maximum atomic E-state index is 6.83. The third kappa shape index (κ3) is 3.12. The first kappa shape index (κ1) is 19.1. The van der Waals surface area contributed by atoms with Gasteiger partial charge >= 0.3 is 0 Å². The molecule has 28 heavy (non-hydrogen) atoms. The third-order valence-corrected chi connectivity index (χ3v) is 6.74. The van der Waals surface area contributed by atoms with Crippen LogP contribution in [0.25, 0.3) is 27.3 Å². The summed E-state index contributed by atoms with van der Waals surface area (Å²) in [6, 6.07) is 6.13. The van der Waals surface area contributed by atoms with Gasteiger partial charge in [-0.15, -0.1) is 11.3 Å². The van der Waals surface area contributed by atoms with Crippen LogP contribution in [0.5, 0.6) is 0 Å². The van der Waals surface area contributed by atoms with E-state index < -0.39 is 0 Å². The normalized spacial score (nSPS) is 11.6. The van der Waals surface area contributed by atoms with E-state index in [1.165, 1.54) is 5.56 Å². The van der Waals surface area contributed by atoms with E-state index in [4.69, 9.17) is 21.7 Å². The zero-order valence-electron chi connectivity index (χ0n) is 16.5. The van der Waals surface area contributed by atoms with Crippen LogP contribution in [0.2, 0.25) is 5.02 Å². The highest BCUT2D eigenvalue weighted by molar-refractivity contribution is 7.14. The van der Waals surface area contributed by atoms with Gasteiger partial charge in [0, 0.05) is 34.5 Å². The average molecular weight is 411 g/mol. The lowest BCUT2D eigenvalue weighted by Gasteiger charge is -2.14. The minimum absolute atomic E-state index is 0.476. The Labute approximate surface area is 174 Å². The molecule has 0 saturated heterocycles. The van der Waals surface area contributed by atoms with Crippen molar-refractivity contribution >= 4 is 28.6 Å². The number of nitrogens with zero attached hydrogens (tertiary/aromatic N) is 4. The number of fused-ring (bicyclic) bond motifs is 1. The Morgan fingerprint density at radius 3 is 2.68 bits per heavy atom. The Hall–Kier alpha value is -2.24. The zero-order valence-corrected chi connectivity index (χ0v) is 18.1. The predicted molar refractivity (Wildman–Crippen MR) is 117 cm³/mol.